The van der Waals surface area contributed by atoms with Gasteiger partial charge in [0.15, 0.2) is 0 Å². The van der Waals surface area contributed by atoms with E-state index in [2.05, 4.69) is 17.9 Å². The number of benzene rings is 1. The number of nitrogens with zero attached hydrogens (tertiary/aromatic N) is 3. The van der Waals surface area contributed by atoms with Crippen molar-refractivity contribution >= 4 is 23.4 Å². The molecule has 2 heterocycles. The molecule has 1 aromatic rings. The second-order valence-electron chi connectivity index (χ2n) is 9.22. The molecular formula is C24H34N4O3. The summed E-state index contributed by atoms with van der Waals surface area (Å²) in [5.41, 5.74) is 8.36. The van der Waals surface area contributed by atoms with Gasteiger partial charge >= 0.3 is 0 Å². The van der Waals surface area contributed by atoms with E-state index in [9.17, 15) is 14.4 Å². The molecule has 3 amide bonds. The van der Waals surface area contributed by atoms with Crippen LogP contribution in [-0.2, 0) is 16.1 Å². The van der Waals surface area contributed by atoms with Gasteiger partial charge in [-0.3, -0.25) is 14.4 Å². The van der Waals surface area contributed by atoms with Crippen LogP contribution in [0.1, 0.15) is 80.6 Å². The summed E-state index contributed by atoms with van der Waals surface area (Å²) < 4.78 is 0. The minimum atomic E-state index is -0.278. The molecule has 7 heteroatoms. The number of hydrazine groups is 1. The number of hydrogen-bond donors (Lipinski definition) is 1. The molecule has 2 aliphatic heterocycles. The van der Waals surface area contributed by atoms with E-state index in [0.717, 1.165) is 54.4 Å². The molecule has 4 rings (SSSR count). The van der Waals surface area contributed by atoms with Crippen molar-refractivity contribution in [2.45, 2.75) is 77.3 Å². The Bertz CT molecular complexity index is 831. The summed E-state index contributed by atoms with van der Waals surface area (Å²) in [4.78, 5) is 40.6. The van der Waals surface area contributed by atoms with Gasteiger partial charge in [0, 0.05) is 42.2 Å². The Morgan fingerprint density at radius 2 is 1.74 bits per heavy atom. The third-order valence-electron chi connectivity index (χ3n) is 7.01. The lowest BCUT2D eigenvalue weighted by molar-refractivity contribution is -0.163. The summed E-state index contributed by atoms with van der Waals surface area (Å²) in [6.45, 7) is 4.17. The number of carbonyl (C=O) groups is 3. The molecule has 1 saturated heterocycles. The highest BCUT2D eigenvalue weighted by Gasteiger charge is 2.41. The van der Waals surface area contributed by atoms with Crippen molar-refractivity contribution in [2.24, 2.45) is 11.7 Å². The van der Waals surface area contributed by atoms with E-state index >= 15 is 0 Å². The first-order valence-corrected chi connectivity index (χ1v) is 11.8. The molecule has 168 valence electrons. The Morgan fingerprint density at radius 1 is 1.03 bits per heavy atom. The topological polar surface area (TPSA) is 86.9 Å². The van der Waals surface area contributed by atoms with E-state index in [1.165, 1.54) is 17.9 Å². The number of piperidine rings is 1. The first-order chi connectivity index (χ1) is 15.0. The van der Waals surface area contributed by atoms with E-state index in [4.69, 9.17) is 5.73 Å². The van der Waals surface area contributed by atoms with E-state index in [1.54, 1.807) is 0 Å². The molecule has 0 atom stereocenters. The Morgan fingerprint density at radius 3 is 2.42 bits per heavy atom. The number of amides is 3. The lowest BCUT2D eigenvalue weighted by atomic mass is 9.86. The predicted octanol–water partition coefficient (Wildman–Crippen LogP) is 3.22. The zero-order valence-corrected chi connectivity index (χ0v) is 18.5. The predicted molar refractivity (Wildman–Crippen MR) is 119 cm³/mol. The minimum absolute atomic E-state index is 0.250. The SMILES string of the molecule is CC1CCC(N(CCCCN)c2cccc3c2CN(N2C(=O)CCCC2=O)C3=O)CC1. The Labute approximate surface area is 184 Å². The molecule has 0 spiro atoms. The van der Waals surface area contributed by atoms with Crippen molar-refractivity contribution in [1.82, 2.24) is 10.0 Å². The number of imide groups is 1. The Kier molecular flexibility index (Phi) is 6.60. The molecule has 1 aromatic carbocycles. The van der Waals surface area contributed by atoms with Crippen molar-refractivity contribution in [2.75, 3.05) is 18.0 Å². The molecule has 0 bridgehead atoms. The van der Waals surface area contributed by atoms with Gasteiger partial charge in [0.1, 0.15) is 0 Å². The first-order valence-electron chi connectivity index (χ1n) is 11.8. The largest absolute Gasteiger partial charge is 0.368 e. The van der Waals surface area contributed by atoms with E-state index in [-0.39, 0.29) is 24.3 Å². The summed E-state index contributed by atoms with van der Waals surface area (Å²) in [6.07, 6.45) is 7.88. The second kappa shape index (κ2) is 9.39. The van der Waals surface area contributed by atoms with Gasteiger partial charge in [-0.2, -0.15) is 5.01 Å². The fraction of sp³-hybridized carbons (Fsp3) is 0.625. The smallest absolute Gasteiger partial charge is 0.273 e. The maximum atomic E-state index is 13.2. The third kappa shape index (κ3) is 4.33. The molecule has 0 aromatic heterocycles. The molecule has 1 saturated carbocycles. The van der Waals surface area contributed by atoms with Crippen LogP contribution in [-0.4, -0.2) is 46.9 Å². The van der Waals surface area contributed by atoms with Gasteiger partial charge in [0.05, 0.1) is 6.54 Å². The van der Waals surface area contributed by atoms with E-state index in [0.29, 0.717) is 37.4 Å². The van der Waals surface area contributed by atoms with Crippen LogP contribution in [0.5, 0.6) is 0 Å². The number of fused-ring (bicyclic) bond motifs is 1. The van der Waals surface area contributed by atoms with Crippen molar-refractivity contribution in [3.63, 3.8) is 0 Å². The van der Waals surface area contributed by atoms with Gasteiger partial charge in [-0.1, -0.05) is 13.0 Å². The van der Waals surface area contributed by atoms with Crippen LogP contribution in [0, 0.1) is 5.92 Å². The number of carbonyl (C=O) groups excluding carboxylic acids is 3. The molecule has 7 nitrogen and oxygen atoms in total. The standard InChI is InChI=1S/C24H34N4O3/c1-17-10-12-18(13-11-17)26(15-3-2-14-25)21-7-4-6-19-20(21)16-27(24(19)31)28-22(29)8-5-9-23(28)30/h4,6-7,17-18H,2-3,5,8-16,25H2,1H3. The summed E-state index contributed by atoms with van der Waals surface area (Å²) in [5, 5.41) is 2.45. The van der Waals surface area contributed by atoms with E-state index in [1.807, 2.05) is 12.1 Å². The Hall–Kier alpha value is -2.41. The molecular weight excluding hydrogens is 392 g/mol. The zero-order chi connectivity index (χ0) is 22.0. The van der Waals surface area contributed by atoms with Crippen molar-refractivity contribution in [1.29, 1.82) is 0 Å². The average molecular weight is 427 g/mol. The van der Waals surface area contributed by atoms with Crippen LogP contribution in [0.25, 0.3) is 0 Å². The number of rotatable bonds is 7. The van der Waals surface area contributed by atoms with Gasteiger partial charge in [-0.25, -0.2) is 5.01 Å². The average Bonchev–Trinajstić information content (AvgIpc) is 3.09. The molecule has 31 heavy (non-hydrogen) atoms. The lowest BCUT2D eigenvalue weighted by Crippen LogP contribution is -2.52. The van der Waals surface area contributed by atoms with Crippen LogP contribution in [0.4, 0.5) is 5.69 Å². The van der Waals surface area contributed by atoms with Gasteiger partial charge in [0.2, 0.25) is 11.8 Å². The summed E-state index contributed by atoms with van der Waals surface area (Å²) in [5.74, 6) is -0.0449. The van der Waals surface area contributed by atoms with Crippen LogP contribution in [0.2, 0.25) is 0 Å². The summed E-state index contributed by atoms with van der Waals surface area (Å²) in [7, 11) is 0. The highest BCUT2D eigenvalue weighted by molar-refractivity contribution is 6.05. The third-order valence-corrected chi connectivity index (χ3v) is 7.01. The number of unbranched alkanes of at least 4 members (excludes halogenated alkanes) is 1. The van der Waals surface area contributed by atoms with Crippen LogP contribution < -0.4 is 10.6 Å². The number of anilines is 1. The molecule has 3 aliphatic rings. The molecule has 1 aliphatic carbocycles. The monoisotopic (exact) mass is 426 g/mol. The molecule has 0 unspecified atom stereocenters. The Balaban J connectivity index is 1.63. The zero-order valence-electron chi connectivity index (χ0n) is 18.5. The van der Waals surface area contributed by atoms with Gasteiger partial charge in [-0.15, -0.1) is 0 Å². The number of hydrogen-bond acceptors (Lipinski definition) is 5. The second-order valence-corrected chi connectivity index (χ2v) is 9.22. The summed E-state index contributed by atoms with van der Waals surface area (Å²) >= 11 is 0. The highest BCUT2D eigenvalue weighted by Crippen LogP contribution is 2.37. The molecule has 2 N–H and O–H groups in total. The fourth-order valence-electron chi connectivity index (χ4n) is 5.22. The lowest BCUT2D eigenvalue weighted by Gasteiger charge is -2.39. The maximum Gasteiger partial charge on any atom is 0.273 e. The quantitative estimate of drug-likeness (QED) is 0.534. The normalized spacial score (nSPS) is 24.0. The van der Waals surface area contributed by atoms with Gasteiger partial charge in [0.25, 0.3) is 5.91 Å². The van der Waals surface area contributed by atoms with Crippen LogP contribution in [0.3, 0.4) is 0 Å². The van der Waals surface area contributed by atoms with Gasteiger partial charge < -0.3 is 10.6 Å². The van der Waals surface area contributed by atoms with Crippen LogP contribution in [0.15, 0.2) is 18.2 Å². The van der Waals surface area contributed by atoms with E-state index < -0.39 is 0 Å². The molecule has 0 radical (unpaired) electrons. The summed E-state index contributed by atoms with van der Waals surface area (Å²) in [6, 6.07) is 6.29. The van der Waals surface area contributed by atoms with Gasteiger partial charge in [-0.05, 0) is 69.5 Å². The molecule has 2 fully saturated rings. The fourth-order valence-corrected chi connectivity index (χ4v) is 5.22. The highest BCUT2D eigenvalue weighted by atomic mass is 16.2. The van der Waals surface area contributed by atoms with Crippen LogP contribution >= 0.6 is 0 Å². The van der Waals surface area contributed by atoms with Crippen molar-refractivity contribution in [3.05, 3.63) is 29.3 Å². The number of nitrogens with two attached hydrogens (primary N) is 1. The minimum Gasteiger partial charge on any atom is -0.368 e. The van der Waals surface area contributed by atoms with Crippen molar-refractivity contribution < 1.29 is 14.4 Å². The first kappa shape index (κ1) is 21.8. The van der Waals surface area contributed by atoms with Crippen molar-refractivity contribution in [3.8, 4) is 0 Å². The maximum absolute atomic E-state index is 13.2.